The van der Waals surface area contributed by atoms with E-state index in [4.69, 9.17) is 0 Å². The van der Waals surface area contributed by atoms with Crippen LogP contribution in [-0.4, -0.2) is 9.13 Å². The van der Waals surface area contributed by atoms with Gasteiger partial charge in [-0.1, -0.05) is 152 Å². The first-order valence-corrected chi connectivity index (χ1v) is 23.9. The predicted molar refractivity (Wildman–Crippen MR) is 295 cm³/mol. The van der Waals surface area contributed by atoms with Crippen LogP contribution in [0.5, 0.6) is 0 Å². The van der Waals surface area contributed by atoms with E-state index in [-0.39, 0.29) is 0 Å². The minimum absolute atomic E-state index is 1.09. The number of aromatic nitrogens is 2. The average Bonchev–Trinajstić information content (AvgIpc) is 3.95. The fraction of sp³-hybridized carbons (Fsp3) is 0. The minimum atomic E-state index is 1.09. The zero-order valence-corrected chi connectivity index (χ0v) is 38.3. The Morgan fingerprint density at radius 2 is 0.486 bits per heavy atom. The van der Waals surface area contributed by atoms with E-state index in [0.717, 1.165) is 56.6 Å². The molecule has 0 aliphatic rings. The molecule has 70 heavy (non-hydrogen) atoms. The Bertz CT molecular complexity index is 3900. The van der Waals surface area contributed by atoms with Crippen molar-refractivity contribution in [1.29, 1.82) is 0 Å². The summed E-state index contributed by atoms with van der Waals surface area (Å²) in [7, 11) is 0. The number of para-hydroxylation sites is 6. The Balaban J connectivity index is 0.791. The summed E-state index contributed by atoms with van der Waals surface area (Å²) in [5, 5.41) is 5.02. The quantitative estimate of drug-likeness (QED) is 0.136. The molecule has 0 N–H and O–H groups in total. The Morgan fingerprint density at radius 1 is 0.200 bits per heavy atom. The number of fused-ring (bicyclic) bond motifs is 6. The molecule has 13 rings (SSSR count). The third-order valence-corrected chi connectivity index (χ3v) is 13.7. The molecule has 13 aromatic rings. The summed E-state index contributed by atoms with van der Waals surface area (Å²) in [5.74, 6) is 0. The van der Waals surface area contributed by atoms with Crippen molar-refractivity contribution in [2.45, 2.75) is 0 Å². The van der Waals surface area contributed by atoms with Crippen LogP contribution in [0.25, 0.3) is 77.2 Å². The van der Waals surface area contributed by atoms with Gasteiger partial charge in [-0.3, -0.25) is 0 Å². The van der Waals surface area contributed by atoms with Gasteiger partial charge in [0.1, 0.15) is 0 Å². The fourth-order valence-electron chi connectivity index (χ4n) is 10.4. The van der Waals surface area contributed by atoms with Crippen LogP contribution in [0.15, 0.2) is 279 Å². The van der Waals surface area contributed by atoms with Gasteiger partial charge >= 0.3 is 0 Å². The zero-order chi connectivity index (χ0) is 46.4. The molecule has 0 fully saturated rings. The van der Waals surface area contributed by atoms with Crippen LogP contribution in [0.2, 0.25) is 0 Å². The fourth-order valence-corrected chi connectivity index (χ4v) is 10.4. The van der Waals surface area contributed by atoms with E-state index >= 15 is 0 Å². The monoisotopic (exact) mass is 894 g/mol. The lowest BCUT2D eigenvalue weighted by Gasteiger charge is -2.26. The Hall–Kier alpha value is -9.38. The van der Waals surface area contributed by atoms with Gasteiger partial charge in [-0.05, 0) is 150 Å². The lowest BCUT2D eigenvalue weighted by atomic mass is 10.0. The third-order valence-electron chi connectivity index (χ3n) is 13.7. The molecule has 0 bridgehead atoms. The number of benzene rings is 11. The summed E-state index contributed by atoms with van der Waals surface area (Å²) in [4.78, 5) is 4.66. The van der Waals surface area contributed by atoms with E-state index in [0.29, 0.717) is 0 Å². The second kappa shape index (κ2) is 17.4. The van der Waals surface area contributed by atoms with Crippen LogP contribution in [0, 0.1) is 0 Å². The van der Waals surface area contributed by atoms with Gasteiger partial charge in [0.25, 0.3) is 0 Å². The normalized spacial score (nSPS) is 11.4. The minimum Gasteiger partial charge on any atom is -0.311 e. The molecule has 4 heteroatoms. The highest BCUT2D eigenvalue weighted by atomic mass is 15.1. The molecular weight excluding hydrogens is 849 g/mol. The first kappa shape index (κ1) is 40.9. The van der Waals surface area contributed by atoms with Gasteiger partial charge in [0.05, 0.1) is 22.1 Å². The van der Waals surface area contributed by atoms with E-state index < -0.39 is 0 Å². The lowest BCUT2D eigenvalue weighted by Crippen LogP contribution is -2.10. The summed E-state index contributed by atoms with van der Waals surface area (Å²) >= 11 is 0. The van der Waals surface area contributed by atoms with Crippen molar-refractivity contribution in [2.24, 2.45) is 0 Å². The molecule has 0 amide bonds. The van der Waals surface area contributed by atoms with Gasteiger partial charge in [0.15, 0.2) is 0 Å². The van der Waals surface area contributed by atoms with E-state index in [1.165, 1.54) is 54.7 Å². The maximum atomic E-state index is 2.37. The van der Waals surface area contributed by atoms with Gasteiger partial charge in [-0.25, -0.2) is 0 Å². The van der Waals surface area contributed by atoms with Crippen molar-refractivity contribution in [3.05, 3.63) is 279 Å². The molecule has 0 aliphatic carbocycles. The van der Waals surface area contributed by atoms with Crippen molar-refractivity contribution in [3.63, 3.8) is 0 Å². The number of hydrogen-bond donors (Lipinski definition) is 0. The first-order valence-electron chi connectivity index (χ1n) is 23.9. The predicted octanol–water partition coefficient (Wildman–Crippen LogP) is 18.2. The Kier molecular flexibility index (Phi) is 10.1. The highest BCUT2D eigenvalue weighted by Gasteiger charge is 2.18. The van der Waals surface area contributed by atoms with Crippen molar-refractivity contribution in [2.75, 3.05) is 9.80 Å². The first-order chi connectivity index (χ1) is 34.7. The number of rotatable bonds is 10. The second-order valence-electron chi connectivity index (χ2n) is 17.8. The highest BCUT2D eigenvalue weighted by molar-refractivity contribution is 6.11. The average molecular weight is 895 g/mol. The van der Waals surface area contributed by atoms with Gasteiger partial charge in [-0.2, -0.15) is 0 Å². The highest BCUT2D eigenvalue weighted by Crippen LogP contribution is 2.41. The van der Waals surface area contributed by atoms with Crippen molar-refractivity contribution in [1.82, 2.24) is 9.13 Å². The second-order valence-corrected chi connectivity index (χ2v) is 17.8. The standard InChI is InChI=1S/C66H46N4/c1-4-16-51(17-5-1)67(56-39-32-49(33-40-56)50-34-45-66-62(46-50)61-24-12-15-27-65(61)69(66)53-20-8-3-9-21-53)54-35-28-47(29-36-54)48-30-37-55(38-31-48)68(52-18-6-2-7-19-52)57-41-43-58(44-42-57)70-63-25-13-10-22-59(63)60-23-11-14-26-64(60)70/h1-46H. The van der Waals surface area contributed by atoms with Crippen LogP contribution in [-0.2, 0) is 0 Å². The molecule has 0 atom stereocenters. The third kappa shape index (κ3) is 7.18. The summed E-state index contributed by atoms with van der Waals surface area (Å²) in [6, 6.07) is 101. The van der Waals surface area contributed by atoms with E-state index in [9.17, 15) is 0 Å². The molecule has 2 aromatic heterocycles. The Labute approximate surface area is 407 Å². The SMILES string of the molecule is c1ccc(N(c2ccc(-c3ccc(N(c4ccccc4)c4ccc(-n5c6ccccc6c6ccccc65)cc4)cc3)cc2)c2ccc(-c3ccc4c(c3)c3ccccc3n4-c3ccccc3)cc2)cc1. The molecule has 0 radical (unpaired) electrons. The van der Waals surface area contributed by atoms with Gasteiger partial charge in [0, 0.05) is 67.0 Å². The molecule has 0 aliphatic heterocycles. The maximum absolute atomic E-state index is 2.37. The zero-order valence-electron chi connectivity index (χ0n) is 38.3. The molecule has 0 unspecified atom stereocenters. The lowest BCUT2D eigenvalue weighted by molar-refractivity contribution is 1.17. The Morgan fingerprint density at radius 3 is 0.914 bits per heavy atom. The largest absolute Gasteiger partial charge is 0.311 e. The molecule has 0 saturated carbocycles. The topological polar surface area (TPSA) is 16.3 Å². The van der Waals surface area contributed by atoms with Crippen LogP contribution in [0.1, 0.15) is 0 Å². The molecule has 0 spiro atoms. The van der Waals surface area contributed by atoms with Gasteiger partial charge in [-0.15, -0.1) is 0 Å². The smallest absolute Gasteiger partial charge is 0.0541 e. The molecule has 11 aromatic carbocycles. The number of hydrogen-bond acceptors (Lipinski definition) is 2. The van der Waals surface area contributed by atoms with Crippen molar-refractivity contribution in [3.8, 4) is 33.6 Å². The number of nitrogens with zero attached hydrogens (tertiary/aromatic N) is 4. The van der Waals surface area contributed by atoms with Crippen LogP contribution >= 0.6 is 0 Å². The van der Waals surface area contributed by atoms with Crippen LogP contribution in [0.4, 0.5) is 34.1 Å². The summed E-state index contributed by atoms with van der Waals surface area (Å²) in [5.41, 5.74) is 18.4. The van der Waals surface area contributed by atoms with E-state index in [1.54, 1.807) is 0 Å². The van der Waals surface area contributed by atoms with Crippen LogP contribution < -0.4 is 9.80 Å². The van der Waals surface area contributed by atoms with Gasteiger partial charge < -0.3 is 18.9 Å². The van der Waals surface area contributed by atoms with Crippen LogP contribution in [0.3, 0.4) is 0 Å². The molecule has 330 valence electrons. The number of anilines is 6. The molecule has 0 saturated heterocycles. The van der Waals surface area contributed by atoms with E-state index in [2.05, 4.69) is 298 Å². The van der Waals surface area contributed by atoms with Crippen molar-refractivity contribution >= 4 is 77.7 Å². The summed E-state index contributed by atoms with van der Waals surface area (Å²) in [6.45, 7) is 0. The van der Waals surface area contributed by atoms with Crippen molar-refractivity contribution < 1.29 is 0 Å². The van der Waals surface area contributed by atoms with E-state index in [1.807, 2.05) is 0 Å². The summed E-state index contributed by atoms with van der Waals surface area (Å²) in [6.07, 6.45) is 0. The molecule has 4 nitrogen and oxygen atoms in total. The molecule has 2 heterocycles. The summed E-state index contributed by atoms with van der Waals surface area (Å²) < 4.78 is 4.73. The molecular formula is C66H46N4. The maximum Gasteiger partial charge on any atom is 0.0541 e. The van der Waals surface area contributed by atoms with Gasteiger partial charge in [0.2, 0.25) is 0 Å².